The largest absolute Gasteiger partial charge is 0.306 e. The van der Waals surface area contributed by atoms with Crippen LogP contribution in [0.15, 0.2) is 0 Å². The van der Waals surface area contributed by atoms with Crippen molar-refractivity contribution in [3.05, 3.63) is 6.92 Å². The zero-order valence-corrected chi connectivity index (χ0v) is 4.85. The predicted molar refractivity (Wildman–Crippen MR) is 31.0 cm³/mol. The second-order valence-corrected chi connectivity index (χ2v) is 2.42. The fourth-order valence-corrected chi connectivity index (χ4v) is 1.03. The Bertz CT molecular complexity index is 53.2. The van der Waals surface area contributed by atoms with Gasteiger partial charge in [-0.25, -0.2) is 0 Å². The van der Waals surface area contributed by atoms with Crippen LogP contribution >= 0.6 is 0 Å². The maximum atomic E-state index is 3.95. The van der Waals surface area contributed by atoms with Crippen molar-refractivity contribution >= 4 is 0 Å². The van der Waals surface area contributed by atoms with E-state index in [1.807, 2.05) is 0 Å². The summed E-state index contributed by atoms with van der Waals surface area (Å²) in [5, 5.41) is 0. The van der Waals surface area contributed by atoms with Crippen LogP contribution in [0.4, 0.5) is 0 Å². The molecule has 1 heteroatoms. The number of rotatable bonds is 0. The quantitative estimate of drug-likeness (QED) is 0.432. The fraction of sp³-hybridized carbons (Fsp3) is 0.833. The first-order chi connectivity index (χ1) is 3.29. The molecule has 0 aromatic carbocycles. The van der Waals surface area contributed by atoms with Gasteiger partial charge in [-0.3, -0.25) is 0 Å². The van der Waals surface area contributed by atoms with Gasteiger partial charge in [0.2, 0.25) is 0 Å². The van der Waals surface area contributed by atoms with Crippen molar-refractivity contribution in [3.8, 4) is 0 Å². The molecule has 0 N–H and O–H groups in total. The van der Waals surface area contributed by atoms with E-state index >= 15 is 0 Å². The van der Waals surface area contributed by atoms with Crippen LogP contribution < -0.4 is 0 Å². The lowest BCUT2D eigenvalue weighted by molar-refractivity contribution is 0.407. The third kappa shape index (κ3) is 1.16. The van der Waals surface area contributed by atoms with E-state index in [4.69, 9.17) is 0 Å². The minimum absolute atomic E-state index is 0.699. The first-order valence-corrected chi connectivity index (χ1v) is 2.80. The Hall–Kier alpha value is -0.0400. The predicted octanol–water partition coefficient (Wildman–Crippen LogP) is 0.772. The molecule has 1 atom stereocenters. The van der Waals surface area contributed by atoms with Gasteiger partial charge in [-0.1, -0.05) is 0 Å². The Morgan fingerprint density at radius 3 is 2.57 bits per heavy atom. The van der Waals surface area contributed by atoms with Gasteiger partial charge >= 0.3 is 0 Å². The number of hydrogen-bond donors (Lipinski definition) is 0. The SMILES string of the molecule is [CH2][C@@H]1CCN(C)C1. The molecule has 1 aliphatic rings. The topological polar surface area (TPSA) is 3.24 Å². The molecule has 0 aliphatic carbocycles. The normalized spacial score (nSPS) is 34.3. The summed E-state index contributed by atoms with van der Waals surface area (Å²) < 4.78 is 0. The van der Waals surface area contributed by atoms with E-state index in [9.17, 15) is 0 Å². The molecule has 0 unspecified atom stereocenters. The van der Waals surface area contributed by atoms with Crippen LogP contribution in [0.5, 0.6) is 0 Å². The van der Waals surface area contributed by atoms with Crippen LogP contribution in [0.2, 0.25) is 0 Å². The van der Waals surface area contributed by atoms with Gasteiger partial charge in [0, 0.05) is 6.54 Å². The summed E-state index contributed by atoms with van der Waals surface area (Å²) in [4.78, 5) is 2.32. The Balaban J connectivity index is 2.26. The Labute approximate surface area is 45.3 Å². The third-order valence-corrected chi connectivity index (χ3v) is 1.49. The second kappa shape index (κ2) is 1.83. The van der Waals surface area contributed by atoms with Gasteiger partial charge in [0.15, 0.2) is 0 Å². The van der Waals surface area contributed by atoms with Crippen LogP contribution in [0.1, 0.15) is 6.42 Å². The van der Waals surface area contributed by atoms with Crippen molar-refractivity contribution in [2.24, 2.45) is 5.92 Å². The van der Waals surface area contributed by atoms with E-state index in [1.165, 1.54) is 19.5 Å². The molecular weight excluding hydrogens is 86.1 g/mol. The highest BCUT2D eigenvalue weighted by Gasteiger charge is 2.13. The number of hydrogen-bond acceptors (Lipinski definition) is 1. The van der Waals surface area contributed by atoms with Crippen LogP contribution in [0.25, 0.3) is 0 Å². The molecule has 0 saturated carbocycles. The van der Waals surface area contributed by atoms with Crippen molar-refractivity contribution in [2.75, 3.05) is 20.1 Å². The van der Waals surface area contributed by atoms with Crippen molar-refractivity contribution < 1.29 is 0 Å². The van der Waals surface area contributed by atoms with E-state index in [-0.39, 0.29) is 0 Å². The molecule has 41 valence electrons. The van der Waals surface area contributed by atoms with Crippen LogP contribution in [-0.4, -0.2) is 25.0 Å². The highest BCUT2D eigenvalue weighted by atomic mass is 15.1. The summed E-state index contributed by atoms with van der Waals surface area (Å²) >= 11 is 0. The van der Waals surface area contributed by atoms with E-state index in [0.29, 0.717) is 5.92 Å². The standard InChI is InChI=1S/C6H12N/c1-6-3-4-7(2)5-6/h6H,1,3-5H2,2H3/t6-/m1/s1. The summed E-state index contributed by atoms with van der Waals surface area (Å²) in [5.74, 6) is 0.699. The summed E-state index contributed by atoms with van der Waals surface area (Å²) in [6.45, 7) is 6.38. The van der Waals surface area contributed by atoms with Gasteiger partial charge in [0.25, 0.3) is 0 Å². The molecule has 0 aromatic heterocycles. The molecule has 1 nitrogen and oxygen atoms in total. The number of likely N-dealkylation sites (tertiary alicyclic amines) is 1. The second-order valence-electron chi connectivity index (χ2n) is 2.42. The highest BCUT2D eigenvalue weighted by molar-refractivity contribution is 4.73. The van der Waals surface area contributed by atoms with Gasteiger partial charge in [0.05, 0.1) is 0 Å². The van der Waals surface area contributed by atoms with E-state index in [0.717, 1.165) is 0 Å². The summed E-state index contributed by atoms with van der Waals surface area (Å²) in [6.07, 6.45) is 1.29. The number of nitrogens with zero attached hydrogens (tertiary/aromatic N) is 1. The molecular formula is C6H12N. The molecule has 1 rings (SSSR count). The summed E-state index contributed by atoms with van der Waals surface area (Å²) in [6, 6.07) is 0. The summed E-state index contributed by atoms with van der Waals surface area (Å²) in [5.41, 5.74) is 0. The van der Waals surface area contributed by atoms with Gasteiger partial charge in [0.1, 0.15) is 0 Å². The summed E-state index contributed by atoms with van der Waals surface area (Å²) in [7, 11) is 2.14. The Morgan fingerprint density at radius 1 is 1.71 bits per heavy atom. The highest BCUT2D eigenvalue weighted by Crippen LogP contribution is 2.11. The lowest BCUT2D eigenvalue weighted by Crippen LogP contribution is -2.12. The van der Waals surface area contributed by atoms with Crippen molar-refractivity contribution in [3.63, 3.8) is 0 Å². The molecule has 0 bridgehead atoms. The lowest BCUT2D eigenvalue weighted by Gasteiger charge is -2.03. The minimum Gasteiger partial charge on any atom is -0.306 e. The van der Waals surface area contributed by atoms with E-state index in [2.05, 4.69) is 18.9 Å². The van der Waals surface area contributed by atoms with Gasteiger partial charge in [-0.05, 0) is 32.9 Å². The van der Waals surface area contributed by atoms with E-state index < -0.39 is 0 Å². The first kappa shape index (κ1) is 5.10. The molecule has 7 heavy (non-hydrogen) atoms. The average molecular weight is 98.2 g/mol. The molecule has 0 amide bonds. The molecule has 1 heterocycles. The van der Waals surface area contributed by atoms with Gasteiger partial charge in [-0.2, -0.15) is 0 Å². The molecule has 0 spiro atoms. The van der Waals surface area contributed by atoms with Crippen LogP contribution in [0, 0.1) is 12.8 Å². The van der Waals surface area contributed by atoms with E-state index in [1.54, 1.807) is 0 Å². The monoisotopic (exact) mass is 98.1 g/mol. The lowest BCUT2D eigenvalue weighted by atomic mass is 10.2. The van der Waals surface area contributed by atoms with Crippen molar-refractivity contribution in [1.82, 2.24) is 4.90 Å². The third-order valence-electron chi connectivity index (χ3n) is 1.49. The van der Waals surface area contributed by atoms with Crippen molar-refractivity contribution in [1.29, 1.82) is 0 Å². The first-order valence-electron chi connectivity index (χ1n) is 2.80. The van der Waals surface area contributed by atoms with Crippen molar-refractivity contribution in [2.45, 2.75) is 6.42 Å². The van der Waals surface area contributed by atoms with Crippen LogP contribution in [-0.2, 0) is 0 Å². The Kier molecular flexibility index (Phi) is 1.33. The Morgan fingerprint density at radius 2 is 2.43 bits per heavy atom. The molecule has 1 fully saturated rings. The van der Waals surface area contributed by atoms with Gasteiger partial charge < -0.3 is 4.90 Å². The zero-order valence-electron chi connectivity index (χ0n) is 4.85. The maximum absolute atomic E-state index is 3.95. The smallest absolute Gasteiger partial charge is 0.000709 e. The zero-order chi connectivity index (χ0) is 5.28. The molecule has 0 aromatic rings. The maximum Gasteiger partial charge on any atom is 0.000709 e. The molecule has 1 saturated heterocycles. The average Bonchev–Trinajstić information content (AvgIpc) is 1.87. The van der Waals surface area contributed by atoms with Gasteiger partial charge in [-0.15, -0.1) is 0 Å². The molecule has 1 aliphatic heterocycles. The minimum atomic E-state index is 0.699. The van der Waals surface area contributed by atoms with Crippen LogP contribution in [0.3, 0.4) is 0 Å². The molecule has 1 radical (unpaired) electrons. The fourth-order valence-electron chi connectivity index (χ4n) is 1.03.